The van der Waals surface area contributed by atoms with Crippen molar-refractivity contribution in [2.75, 3.05) is 13.7 Å². The second kappa shape index (κ2) is 6.85. The molecule has 5 nitrogen and oxygen atoms in total. The molecule has 104 valence electrons. The lowest BCUT2D eigenvalue weighted by Gasteiger charge is -2.21. The molecule has 0 amide bonds. The van der Waals surface area contributed by atoms with Crippen LogP contribution in [0.15, 0.2) is 4.52 Å². The van der Waals surface area contributed by atoms with Crippen LogP contribution in [0.1, 0.15) is 52.3 Å². The molecule has 0 aliphatic heterocycles. The Balaban J connectivity index is 2.58. The van der Waals surface area contributed by atoms with Crippen molar-refractivity contribution in [1.29, 1.82) is 0 Å². The first-order valence-electron chi connectivity index (χ1n) is 6.67. The van der Waals surface area contributed by atoms with Crippen LogP contribution >= 0.6 is 0 Å². The SMILES string of the molecule is CCNC(C)CCc1nc(C(C)(CC)OC)no1. The molecular formula is C13H25N3O2. The monoisotopic (exact) mass is 255 g/mol. The highest BCUT2D eigenvalue weighted by molar-refractivity contribution is 4.99. The fourth-order valence-corrected chi connectivity index (χ4v) is 1.76. The molecule has 1 heterocycles. The predicted octanol–water partition coefficient (Wildman–Crippen LogP) is 2.27. The average molecular weight is 255 g/mol. The number of aryl methyl sites for hydroxylation is 1. The Hall–Kier alpha value is -0.940. The molecular weight excluding hydrogens is 230 g/mol. The van der Waals surface area contributed by atoms with Gasteiger partial charge in [0.25, 0.3) is 0 Å². The van der Waals surface area contributed by atoms with E-state index in [-0.39, 0.29) is 0 Å². The summed E-state index contributed by atoms with van der Waals surface area (Å²) in [6, 6.07) is 0.463. The van der Waals surface area contributed by atoms with E-state index in [1.54, 1.807) is 7.11 Å². The van der Waals surface area contributed by atoms with Gasteiger partial charge in [0.15, 0.2) is 0 Å². The first-order valence-corrected chi connectivity index (χ1v) is 6.67. The zero-order chi connectivity index (χ0) is 13.6. The maximum absolute atomic E-state index is 5.45. The lowest BCUT2D eigenvalue weighted by Crippen LogP contribution is -2.26. The number of aromatic nitrogens is 2. The number of hydrogen-bond acceptors (Lipinski definition) is 5. The molecule has 2 unspecified atom stereocenters. The van der Waals surface area contributed by atoms with Crippen LogP contribution in [0.4, 0.5) is 0 Å². The fraction of sp³-hybridized carbons (Fsp3) is 0.846. The lowest BCUT2D eigenvalue weighted by atomic mass is 10.0. The minimum absolute atomic E-state index is 0.449. The van der Waals surface area contributed by atoms with E-state index in [4.69, 9.17) is 9.26 Å². The molecule has 0 aliphatic carbocycles. The van der Waals surface area contributed by atoms with Gasteiger partial charge in [-0.05, 0) is 33.2 Å². The smallest absolute Gasteiger partial charge is 0.226 e. The molecule has 5 heteroatoms. The summed E-state index contributed by atoms with van der Waals surface area (Å²) in [5, 5.41) is 7.38. The van der Waals surface area contributed by atoms with Crippen LogP contribution in [0.3, 0.4) is 0 Å². The van der Waals surface area contributed by atoms with Gasteiger partial charge < -0.3 is 14.6 Å². The van der Waals surface area contributed by atoms with Crippen molar-refractivity contribution in [2.24, 2.45) is 0 Å². The summed E-state index contributed by atoms with van der Waals surface area (Å²) in [7, 11) is 1.67. The summed E-state index contributed by atoms with van der Waals surface area (Å²) in [4.78, 5) is 4.43. The molecule has 0 aliphatic rings. The van der Waals surface area contributed by atoms with Crippen molar-refractivity contribution in [3.8, 4) is 0 Å². The van der Waals surface area contributed by atoms with Gasteiger partial charge in [0, 0.05) is 19.6 Å². The van der Waals surface area contributed by atoms with Crippen molar-refractivity contribution in [1.82, 2.24) is 15.5 Å². The van der Waals surface area contributed by atoms with Crippen LogP contribution in [-0.2, 0) is 16.8 Å². The van der Waals surface area contributed by atoms with Crippen LogP contribution in [0.5, 0.6) is 0 Å². The van der Waals surface area contributed by atoms with Crippen LogP contribution in [-0.4, -0.2) is 29.8 Å². The van der Waals surface area contributed by atoms with Gasteiger partial charge in [0.05, 0.1) is 0 Å². The van der Waals surface area contributed by atoms with E-state index < -0.39 is 5.60 Å². The largest absolute Gasteiger partial charge is 0.370 e. The number of nitrogens with one attached hydrogen (secondary N) is 1. The number of ether oxygens (including phenoxy) is 1. The maximum atomic E-state index is 5.45. The van der Waals surface area contributed by atoms with Crippen LogP contribution in [0.2, 0.25) is 0 Å². The molecule has 18 heavy (non-hydrogen) atoms. The Bertz CT molecular complexity index is 348. The highest BCUT2D eigenvalue weighted by atomic mass is 16.5. The highest BCUT2D eigenvalue weighted by Crippen LogP contribution is 2.25. The topological polar surface area (TPSA) is 60.2 Å². The fourth-order valence-electron chi connectivity index (χ4n) is 1.76. The Morgan fingerprint density at radius 3 is 2.72 bits per heavy atom. The summed E-state index contributed by atoms with van der Waals surface area (Å²) < 4.78 is 10.7. The maximum Gasteiger partial charge on any atom is 0.226 e. The number of hydrogen-bond donors (Lipinski definition) is 1. The Labute approximate surface area is 109 Å². The summed E-state index contributed by atoms with van der Waals surface area (Å²) in [5.74, 6) is 1.32. The minimum Gasteiger partial charge on any atom is -0.370 e. The molecule has 0 radical (unpaired) electrons. The third-order valence-electron chi connectivity index (χ3n) is 3.41. The third kappa shape index (κ3) is 3.78. The molecule has 0 spiro atoms. The van der Waals surface area contributed by atoms with Crippen molar-refractivity contribution >= 4 is 0 Å². The van der Waals surface area contributed by atoms with Crippen molar-refractivity contribution in [3.63, 3.8) is 0 Å². The minimum atomic E-state index is -0.449. The van der Waals surface area contributed by atoms with Crippen LogP contribution < -0.4 is 5.32 Å². The predicted molar refractivity (Wildman–Crippen MR) is 70.4 cm³/mol. The molecule has 0 aromatic carbocycles. The van der Waals surface area contributed by atoms with E-state index in [1.165, 1.54) is 0 Å². The van der Waals surface area contributed by atoms with Gasteiger partial charge in [-0.15, -0.1) is 0 Å². The summed E-state index contributed by atoms with van der Waals surface area (Å²) in [6.07, 6.45) is 2.60. The van der Waals surface area contributed by atoms with Crippen LogP contribution in [0, 0.1) is 0 Å². The lowest BCUT2D eigenvalue weighted by molar-refractivity contribution is -0.0106. The molecule has 1 aromatic rings. The molecule has 1 aromatic heterocycles. The first kappa shape index (κ1) is 15.1. The molecule has 1 rings (SSSR count). The van der Waals surface area contributed by atoms with Gasteiger partial charge in [-0.1, -0.05) is 19.0 Å². The average Bonchev–Trinajstić information content (AvgIpc) is 2.85. The Morgan fingerprint density at radius 1 is 1.44 bits per heavy atom. The van der Waals surface area contributed by atoms with E-state index in [9.17, 15) is 0 Å². The zero-order valence-electron chi connectivity index (χ0n) is 12.1. The van der Waals surface area contributed by atoms with E-state index in [0.29, 0.717) is 17.8 Å². The van der Waals surface area contributed by atoms with Gasteiger partial charge in [0.1, 0.15) is 5.60 Å². The van der Waals surface area contributed by atoms with Crippen LogP contribution in [0.25, 0.3) is 0 Å². The molecule has 0 saturated heterocycles. The summed E-state index contributed by atoms with van der Waals surface area (Å²) in [5.41, 5.74) is -0.449. The van der Waals surface area contributed by atoms with Gasteiger partial charge in [0.2, 0.25) is 11.7 Å². The normalized spacial score (nSPS) is 16.5. The molecule has 0 fully saturated rings. The number of nitrogens with zero attached hydrogens (tertiary/aromatic N) is 2. The molecule has 0 bridgehead atoms. The van der Waals surface area contributed by atoms with Gasteiger partial charge >= 0.3 is 0 Å². The molecule has 0 saturated carbocycles. The second-order valence-electron chi connectivity index (χ2n) is 4.80. The van der Waals surface area contributed by atoms with Crippen molar-refractivity contribution in [3.05, 3.63) is 11.7 Å². The van der Waals surface area contributed by atoms with Crippen molar-refractivity contribution < 1.29 is 9.26 Å². The van der Waals surface area contributed by atoms with Gasteiger partial charge in [-0.3, -0.25) is 0 Å². The van der Waals surface area contributed by atoms with E-state index in [2.05, 4.69) is 29.3 Å². The number of methoxy groups -OCH3 is 1. The summed E-state index contributed by atoms with van der Waals surface area (Å²) >= 11 is 0. The standard InChI is InChI=1S/C13H25N3O2/c1-6-13(4,17-5)12-15-11(18-16-12)9-8-10(3)14-7-2/h10,14H,6-9H2,1-5H3. The van der Waals surface area contributed by atoms with Gasteiger partial charge in [-0.25, -0.2) is 0 Å². The third-order valence-corrected chi connectivity index (χ3v) is 3.41. The zero-order valence-corrected chi connectivity index (χ0v) is 12.1. The van der Waals surface area contributed by atoms with E-state index in [1.807, 2.05) is 13.8 Å². The molecule has 2 atom stereocenters. The Kier molecular flexibility index (Phi) is 5.75. The second-order valence-corrected chi connectivity index (χ2v) is 4.80. The quantitative estimate of drug-likeness (QED) is 0.772. The van der Waals surface area contributed by atoms with E-state index in [0.717, 1.165) is 25.8 Å². The van der Waals surface area contributed by atoms with E-state index >= 15 is 0 Å². The first-order chi connectivity index (χ1) is 8.55. The number of rotatable bonds is 8. The molecule has 1 N–H and O–H groups in total. The Morgan fingerprint density at radius 2 is 2.17 bits per heavy atom. The summed E-state index contributed by atoms with van der Waals surface area (Å²) in [6.45, 7) is 9.27. The van der Waals surface area contributed by atoms with Crippen molar-refractivity contribution in [2.45, 2.75) is 58.6 Å². The highest BCUT2D eigenvalue weighted by Gasteiger charge is 2.29. The van der Waals surface area contributed by atoms with Gasteiger partial charge in [-0.2, -0.15) is 4.98 Å².